The van der Waals surface area contributed by atoms with E-state index in [9.17, 15) is 14.4 Å². The zero-order valence-corrected chi connectivity index (χ0v) is 25.8. The number of rotatable bonds is 10. The molecule has 5 aromatic carbocycles. The van der Waals surface area contributed by atoms with Crippen LogP contribution in [-0.2, 0) is 9.59 Å². The molecule has 7 heteroatoms. The molecule has 0 aromatic heterocycles. The maximum absolute atomic E-state index is 13.6. The van der Waals surface area contributed by atoms with Crippen LogP contribution in [0.5, 0.6) is 0 Å². The standard InChI is InChI=1S/C38H33N3O3S/c1-26-20-22-31(23-21-26)39-38(44)35(28-13-5-3-6-14-28)45-33-19-11-18-32(25-33)40-37(43)34(24-30-17-10-9-12-27(30)2)41-36(42)29-15-7-4-8-16-29/h3-25,35H,1-2H3,(H,39,44)(H,40,43)(H,41,42)/b34-24-. The molecule has 0 bridgehead atoms. The molecule has 1 unspecified atom stereocenters. The second-order valence-corrected chi connectivity index (χ2v) is 11.7. The van der Waals surface area contributed by atoms with Gasteiger partial charge in [0.05, 0.1) is 0 Å². The molecule has 0 saturated carbocycles. The predicted molar refractivity (Wildman–Crippen MR) is 183 cm³/mol. The highest BCUT2D eigenvalue weighted by Gasteiger charge is 2.23. The van der Waals surface area contributed by atoms with E-state index in [4.69, 9.17) is 0 Å². The number of carbonyl (C=O) groups excluding carboxylic acids is 3. The molecule has 0 saturated heterocycles. The topological polar surface area (TPSA) is 87.3 Å². The third-order valence-corrected chi connectivity index (χ3v) is 8.27. The zero-order valence-electron chi connectivity index (χ0n) is 25.0. The number of carbonyl (C=O) groups is 3. The van der Waals surface area contributed by atoms with Gasteiger partial charge in [-0.3, -0.25) is 14.4 Å². The maximum atomic E-state index is 13.6. The van der Waals surface area contributed by atoms with Crippen molar-refractivity contribution in [1.29, 1.82) is 0 Å². The molecule has 6 nitrogen and oxygen atoms in total. The lowest BCUT2D eigenvalue weighted by molar-refractivity contribution is -0.116. The Morgan fingerprint density at radius 2 is 1.33 bits per heavy atom. The molecule has 5 rings (SSSR count). The molecule has 0 aliphatic carbocycles. The van der Waals surface area contributed by atoms with Gasteiger partial charge >= 0.3 is 0 Å². The van der Waals surface area contributed by atoms with Crippen molar-refractivity contribution in [3.8, 4) is 0 Å². The first-order valence-electron chi connectivity index (χ1n) is 14.5. The predicted octanol–water partition coefficient (Wildman–Crippen LogP) is 8.19. The number of anilines is 2. The lowest BCUT2D eigenvalue weighted by atomic mass is 10.1. The fourth-order valence-electron chi connectivity index (χ4n) is 4.57. The highest BCUT2D eigenvalue weighted by Crippen LogP contribution is 2.37. The van der Waals surface area contributed by atoms with E-state index >= 15 is 0 Å². The first-order chi connectivity index (χ1) is 21.9. The van der Waals surface area contributed by atoms with Gasteiger partial charge in [-0.15, -0.1) is 11.8 Å². The van der Waals surface area contributed by atoms with Crippen molar-refractivity contribution in [2.24, 2.45) is 0 Å². The van der Waals surface area contributed by atoms with Gasteiger partial charge in [-0.25, -0.2) is 0 Å². The van der Waals surface area contributed by atoms with E-state index in [2.05, 4.69) is 16.0 Å². The normalized spacial score (nSPS) is 11.7. The number of nitrogens with one attached hydrogen (secondary N) is 3. The van der Waals surface area contributed by atoms with Crippen LogP contribution in [0.3, 0.4) is 0 Å². The van der Waals surface area contributed by atoms with Gasteiger partial charge in [0.25, 0.3) is 11.8 Å². The first kappa shape index (κ1) is 31.0. The number of hydrogen-bond acceptors (Lipinski definition) is 4. The summed E-state index contributed by atoms with van der Waals surface area (Å²) in [6, 6.07) is 41.0. The Labute approximate surface area is 267 Å². The number of thioether (sulfide) groups is 1. The second-order valence-electron chi connectivity index (χ2n) is 10.5. The van der Waals surface area contributed by atoms with Crippen molar-refractivity contribution in [3.63, 3.8) is 0 Å². The number of benzene rings is 5. The van der Waals surface area contributed by atoms with Gasteiger partial charge in [0.15, 0.2) is 0 Å². The van der Waals surface area contributed by atoms with Crippen molar-refractivity contribution in [2.45, 2.75) is 24.0 Å². The largest absolute Gasteiger partial charge is 0.325 e. The van der Waals surface area contributed by atoms with E-state index in [0.29, 0.717) is 11.3 Å². The van der Waals surface area contributed by atoms with Gasteiger partial charge in [-0.2, -0.15) is 0 Å². The maximum Gasteiger partial charge on any atom is 0.272 e. The van der Waals surface area contributed by atoms with Gasteiger partial charge in [-0.1, -0.05) is 96.6 Å². The lowest BCUT2D eigenvalue weighted by Crippen LogP contribution is -2.30. The average molecular weight is 612 g/mol. The quantitative estimate of drug-likeness (QED) is 0.110. The van der Waals surface area contributed by atoms with Crippen LogP contribution >= 0.6 is 11.8 Å². The molecular formula is C38H33N3O3S. The third kappa shape index (κ3) is 8.59. The van der Waals surface area contributed by atoms with E-state index in [0.717, 1.165) is 32.8 Å². The van der Waals surface area contributed by atoms with E-state index in [1.165, 1.54) is 11.8 Å². The van der Waals surface area contributed by atoms with Gasteiger partial charge in [0.1, 0.15) is 10.9 Å². The minimum absolute atomic E-state index is 0.107. The summed E-state index contributed by atoms with van der Waals surface area (Å²) in [5, 5.41) is 8.21. The fourth-order valence-corrected chi connectivity index (χ4v) is 5.66. The van der Waals surface area contributed by atoms with Gasteiger partial charge < -0.3 is 16.0 Å². The Bertz CT molecular complexity index is 1820. The summed E-state index contributed by atoms with van der Waals surface area (Å²) in [5.41, 5.74) is 5.54. The van der Waals surface area contributed by atoms with Crippen LogP contribution in [0.1, 0.15) is 37.9 Å². The smallest absolute Gasteiger partial charge is 0.272 e. The van der Waals surface area contributed by atoms with Gasteiger partial charge in [-0.05, 0) is 79.1 Å². The van der Waals surface area contributed by atoms with Crippen LogP contribution in [0, 0.1) is 13.8 Å². The molecule has 224 valence electrons. The van der Waals surface area contributed by atoms with Crippen LogP contribution in [0.15, 0.2) is 144 Å². The molecule has 0 radical (unpaired) electrons. The van der Waals surface area contributed by atoms with Gasteiger partial charge in [0, 0.05) is 21.8 Å². The Balaban J connectivity index is 1.38. The summed E-state index contributed by atoms with van der Waals surface area (Å²) in [7, 11) is 0. The van der Waals surface area contributed by atoms with E-state index in [-0.39, 0.29) is 17.5 Å². The number of aryl methyl sites for hydroxylation is 2. The minimum Gasteiger partial charge on any atom is -0.325 e. The summed E-state index contributed by atoms with van der Waals surface area (Å²) in [5.74, 6) is -1.02. The molecule has 0 spiro atoms. The van der Waals surface area contributed by atoms with E-state index < -0.39 is 11.2 Å². The summed E-state index contributed by atoms with van der Waals surface area (Å²) in [4.78, 5) is 41.0. The van der Waals surface area contributed by atoms with Crippen molar-refractivity contribution >= 4 is 46.9 Å². The van der Waals surface area contributed by atoms with Gasteiger partial charge in [0.2, 0.25) is 5.91 Å². The summed E-state index contributed by atoms with van der Waals surface area (Å²) < 4.78 is 0. The monoisotopic (exact) mass is 611 g/mol. The minimum atomic E-state index is -0.542. The number of hydrogen-bond donors (Lipinski definition) is 3. The Morgan fingerprint density at radius 1 is 0.667 bits per heavy atom. The Kier molecular flexibility index (Phi) is 10.2. The highest BCUT2D eigenvalue weighted by atomic mass is 32.2. The molecule has 1 atom stereocenters. The van der Waals surface area contributed by atoms with Crippen molar-refractivity contribution in [1.82, 2.24) is 5.32 Å². The molecule has 3 amide bonds. The fraction of sp³-hybridized carbons (Fsp3) is 0.0789. The molecule has 0 aliphatic heterocycles. The molecular weight excluding hydrogens is 579 g/mol. The van der Waals surface area contributed by atoms with Crippen LogP contribution in [0.2, 0.25) is 0 Å². The van der Waals surface area contributed by atoms with Crippen LogP contribution in [0.25, 0.3) is 6.08 Å². The first-order valence-corrected chi connectivity index (χ1v) is 15.4. The number of amides is 3. The average Bonchev–Trinajstić information content (AvgIpc) is 3.06. The third-order valence-electron chi connectivity index (χ3n) is 7.02. The highest BCUT2D eigenvalue weighted by molar-refractivity contribution is 8.00. The lowest BCUT2D eigenvalue weighted by Gasteiger charge is -2.18. The van der Waals surface area contributed by atoms with Crippen LogP contribution < -0.4 is 16.0 Å². The zero-order chi connectivity index (χ0) is 31.6. The molecule has 3 N–H and O–H groups in total. The van der Waals surface area contributed by atoms with Crippen LogP contribution in [0.4, 0.5) is 11.4 Å². The Hall–Kier alpha value is -5.40. The molecule has 5 aromatic rings. The van der Waals surface area contributed by atoms with Crippen molar-refractivity contribution in [2.75, 3.05) is 10.6 Å². The molecule has 0 heterocycles. The van der Waals surface area contributed by atoms with Crippen molar-refractivity contribution in [3.05, 3.63) is 167 Å². The van der Waals surface area contributed by atoms with Crippen molar-refractivity contribution < 1.29 is 14.4 Å². The summed E-state index contributed by atoms with van der Waals surface area (Å²) in [6.07, 6.45) is 1.67. The Morgan fingerprint density at radius 3 is 2.04 bits per heavy atom. The molecule has 0 fully saturated rings. The van der Waals surface area contributed by atoms with E-state index in [1.807, 2.05) is 117 Å². The second kappa shape index (κ2) is 14.9. The SMILES string of the molecule is Cc1ccc(NC(=O)C(Sc2cccc(NC(=O)/C(=C/c3ccccc3C)NC(=O)c3ccccc3)c2)c2ccccc2)cc1. The molecule has 0 aliphatic rings. The van der Waals surface area contributed by atoms with Crippen LogP contribution in [-0.4, -0.2) is 17.7 Å². The summed E-state index contributed by atoms with van der Waals surface area (Å²) in [6.45, 7) is 3.94. The molecule has 45 heavy (non-hydrogen) atoms. The summed E-state index contributed by atoms with van der Waals surface area (Å²) >= 11 is 1.39. The van der Waals surface area contributed by atoms with E-state index in [1.54, 1.807) is 36.4 Å².